The molecular weight excluding hydrogens is 246 g/mol. The lowest BCUT2D eigenvalue weighted by Gasteiger charge is -2.24. The Morgan fingerprint density at radius 2 is 2.16 bits per heavy atom. The molecule has 0 spiro atoms. The first-order valence-electron chi connectivity index (χ1n) is 6.29. The number of rotatable bonds is 5. The number of benzene rings is 1. The molecule has 1 saturated carbocycles. The Balaban J connectivity index is 2.22. The summed E-state index contributed by atoms with van der Waals surface area (Å²) in [5.74, 6) is -0.152. The Kier molecular flexibility index (Phi) is 3.80. The van der Waals surface area contributed by atoms with Crippen molar-refractivity contribution in [1.82, 2.24) is 4.90 Å². The van der Waals surface area contributed by atoms with E-state index >= 15 is 0 Å². The average molecular weight is 263 g/mol. The number of amides is 1. The minimum absolute atomic E-state index is 0.0469. The van der Waals surface area contributed by atoms with E-state index in [9.17, 15) is 14.9 Å². The molecule has 2 rings (SSSR count). The molecule has 6 heteroatoms. The van der Waals surface area contributed by atoms with E-state index in [4.69, 9.17) is 5.73 Å². The molecule has 1 fully saturated rings. The van der Waals surface area contributed by atoms with Crippen LogP contribution < -0.4 is 5.73 Å². The third-order valence-electron chi connectivity index (χ3n) is 3.19. The van der Waals surface area contributed by atoms with Crippen LogP contribution in [0.1, 0.15) is 25.3 Å². The average Bonchev–Trinajstić information content (AvgIpc) is 3.19. The first-order chi connectivity index (χ1) is 9.00. The highest BCUT2D eigenvalue weighted by Gasteiger charge is 2.34. The second kappa shape index (κ2) is 5.36. The number of nitrogens with zero attached hydrogens (tertiary/aromatic N) is 2. The molecule has 2 N–H and O–H groups in total. The molecule has 1 amide bonds. The lowest BCUT2D eigenvalue weighted by Crippen LogP contribution is -2.42. The standard InChI is InChI=1S/C13H17N3O3/c1-9(14)13(17)15(11-6-7-11)8-10-4-2-3-5-12(10)16(18)19/h2-5,9,11H,6-8,14H2,1H3/t9-/m1/s1. The molecule has 6 nitrogen and oxygen atoms in total. The summed E-state index contributed by atoms with van der Waals surface area (Å²) in [6.45, 7) is 1.89. The van der Waals surface area contributed by atoms with Crippen LogP contribution in [0, 0.1) is 10.1 Å². The molecule has 1 aromatic carbocycles. The molecule has 1 aliphatic rings. The fourth-order valence-electron chi connectivity index (χ4n) is 2.04. The van der Waals surface area contributed by atoms with Crippen LogP contribution in [0.2, 0.25) is 0 Å². The van der Waals surface area contributed by atoms with Crippen molar-refractivity contribution in [3.63, 3.8) is 0 Å². The summed E-state index contributed by atoms with van der Waals surface area (Å²) in [6.07, 6.45) is 1.89. The van der Waals surface area contributed by atoms with Crippen LogP contribution >= 0.6 is 0 Å². The van der Waals surface area contributed by atoms with Gasteiger partial charge in [0.15, 0.2) is 0 Å². The third-order valence-corrected chi connectivity index (χ3v) is 3.19. The lowest BCUT2D eigenvalue weighted by atomic mass is 10.1. The normalized spacial score (nSPS) is 15.9. The SMILES string of the molecule is C[C@@H](N)C(=O)N(Cc1ccccc1[N+](=O)[O-])C1CC1. The van der Waals surface area contributed by atoms with Crippen molar-refractivity contribution in [1.29, 1.82) is 0 Å². The van der Waals surface area contributed by atoms with Crippen LogP contribution in [0.3, 0.4) is 0 Å². The van der Waals surface area contributed by atoms with Crippen LogP contribution in [0.4, 0.5) is 5.69 Å². The number of carbonyl (C=O) groups excluding carboxylic acids is 1. The highest BCUT2D eigenvalue weighted by molar-refractivity contribution is 5.81. The summed E-state index contributed by atoms with van der Waals surface area (Å²) in [5, 5.41) is 11.0. The summed E-state index contributed by atoms with van der Waals surface area (Å²) in [5.41, 5.74) is 6.23. The van der Waals surface area contributed by atoms with Gasteiger partial charge in [0.2, 0.25) is 5.91 Å². The molecule has 0 radical (unpaired) electrons. The number of nitrogens with two attached hydrogens (primary N) is 1. The smallest absolute Gasteiger partial charge is 0.274 e. The Hall–Kier alpha value is -1.95. The van der Waals surface area contributed by atoms with E-state index in [0.29, 0.717) is 5.56 Å². The van der Waals surface area contributed by atoms with Crippen molar-refractivity contribution < 1.29 is 9.72 Å². The molecule has 0 aliphatic heterocycles. The second-order valence-electron chi connectivity index (χ2n) is 4.87. The first-order valence-corrected chi connectivity index (χ1v) is 6.29. The van der Waals surface area contributed by atoms with Gasteiger partial charge in [0, 0.05) is 17.7 Å². The van der Waals surface area contributed by atoms with E-state index in [1.807, 2.05) is 0 Å². The van der Waals surface area contributed by atoms with Gasteiger partial charge in [-0.25, -0.2) is 0 Å². The van der Waals surface area contributed by atoms with Crippen molar-refractivity contribution in [2.45, 2.75) is 38.4 Å². The Bertz CT molecular complexity index is 498. The van der Waals surface area contributed by atoms with E-state index < -0.39 is 11.0 Å². The van der Waals surface area contributed by atoms with E-state index in [-0.39, 0.29) is 24.2 Å². The van der Waals surface area contributed by atoms with Gasteiger partial charge in [0.1, 0.15) is 0 Å². The molecule has 1 atom stereocenters. The molecular formula is C13H17N3O3. The van der Waals surface area contributed by atoms with Gasteiger partial charge >= 0.3 is 0 Å². The third kappa shape index (κ3) is 3.08. The first kappa shape index (κ1) is 13.5. The Morgan fingerprint density at radius 3 is 2.68 bits per heavy atom. The predicted octanol–water partition coefficient (Wildman–Crippen LogP) is 1.43. The van der Waals surface area contributed by atoms with Crippen molar-refractivity contribution >= 4 is 11.6 Å². The van der Waals surface area contributed by atoms with Gasteiger partial charge in [-0.05, 0) is 19.8 Å². The molecule has 1 aliphatic carbocycles. The van der Waals surface area contributed by atoms with Gasteiger partial charge in [-0.2, -0.15) is 0 Å². The number of nitro groups is 1. The topological polar surface area (TPSA) is 89.5 Å². The highest BCUT2D eigenvalue weighted by Crippen LogP contribution is 2.30. The van der Waals surface area contributed by atoms with Crippen molar-refractivity contribution in [3.8, 4) is 0 Å². The zero-order valence-corrected chi connectivity index (χ0v) is 10.8. The molecule has 19 heavy (non-hydrogen) atoms. The van der Waals surface area contributed by atoms with Crippen LogP contribution in [-0.2, 0) is 11.3 Å². The number of hydrogen-bond donors (Lipinski definition) is 1. The summed E-state index contributed by atoms with van der Waals surface area (Å²) >= 11 is 0. The maximum absolute atomic E-state index is 12.0. The van der Waals surface area contributed by atoms with Crippen molar-refractivity contribution in [2.24, 2.45) is 5.73 Å². The van der Waals surface area contributed by atoms with Gasteiger partial charge in [-0.1, -0.05) is 18.2 Å². The summed E-state index contributed by atoms with van der Waals surface area (Å²) < 4.78 is 0. The quantitative estimate of drug-likeness (QED) is 0.642. The molecule has 0 bridgehead atoms. The fourth-order valence-corrected chi connectivity index (χ4v) is 2.04. The summed E-state index contributed by atoms with van der Waals surface area (Å²) in [7, 11) is 0. The van der Waals surface area contributed by atoms with E-state index in [0.717, 1.165) is 12.8 Å². The van der Waals surface area contributed by atoms with Crippen LogP contribution in [-0.4, -0.2) is 27.8 Å². The second-order valence-corrected chi connectivity index (χ2v) is 4.87. The summed E-state index contributed by atoms with van der Waals surface area (Å²) in [6, 6.07) is 6.10. The maximum atomic E-state index is 12.0. The predicted molar refractivity (Wildman–Crippen MR) is 70.3 cm³/mol. The van der Waals surface area contributed by atoms with Gasteiger partial charge in [0.05, 0.1) is 17.5 Å². The molecule has 0 unspecified atom stereocenters. The monoisotopic (exact) mass is 263 g/mol. The van der Waals surface area contributed by atoms with Crippen LogP contribution in [0.15, 0.2) is 24.3 Å². The number of para-hydroxylation sites is 1. The largest absolute Gasteiger partial charge is 0.334 e. The molecule has 1 aromatic rings. The number of carbonyl (C=O) groups is 1. The van der Waals surface area contributed by atoms with Crippen molar-refractivity contribution in [3.05, 3.63) is 39.9 Å². The molecule has 102 valence electrons. The Morgan fingerprint density at radius 1 is 1.53 bits per heavy atom. The lowest BCUT2D eigenvalue weighted by molar-refractivity contribution is -0.385. The van der Waals surface area contributed by atoms with E-state index in [2.05, 4.69) is 0 Å². The zero-order valence-electron chi connectivity index (χ0n) is 10.8. The zero-order chi connectivity index (χ0) is 14.0. The molecule has 0 aromatic heterocycles. The molecule has 0 heterocycles. The number of nitro benzene ring substituents is 1. The van der Waals surface area contributed by atoms with Crippen LogP contribution in [0.5, 0.6) is 0 Å². The van der Waals surface area contributed by atoms with Gasteiger partial charge < -0.3 is 10.6 Å². The number of hydrogen-bond acceptors (Lipinski definition) is 4. The minimum atomic E-state index is -0.580. The van der Waals surface area contributed by atoms with Crippen LogP contribution in [0.25, 0.3) is 0 Å². The maximum Gasteiger partial charge on any atom is 0.274 e. The van der Waals surface area contributed by atoms with Gasteiger partial charge in [-0.15, -0.1) is 0 Å². The van der Waals surface area contributed by atoms with Gasteiger partial charge in [0.25, 0.3) is 5.69 Å². The molecule has 0 saturated heterocycles. The van der Waals surface area contributed by atoms with E-state index in [1.54, 1.807) is 30.0 Å². The minimum Gasteiger partial charge on any atom is -0.334 e. The highest BCUT2D eigenvalue weighted by atomic mass is 16.6. The fraction of sp³-hybridized carbons (Fsp3) is 0.462. The van der Waals surface area contributed by atoms with Crippen molar-refractivity contribution in [2.75, 3.05) is 0 Å². The Labute approximate surface area is 111 Å². The summed E-state index contributed by atoms with van der Waals surface area (Å²) in [4.78, 5) is 24.3. The van der Waals surface area contributed by atoms with Gasteiger partial charge in [-0.3, -0.25) is 14.9 Å². The van der Waals surface area contributed by atoms with E-state index in [1.165, 1.54) is 6.07 Å².